The Balaban J connectivity index is 1.70. The van der Waals surface area contributed by atoms with Crippen LogP contribution in [0.25, 0.3) is 17.0 Å². The maximum atomic E-state index is 12.1. The Morgan fingerprint density at radius 2 is 2.00 bits per heavy atom. The number of carbonyl (C=O) groups excluding carboxylic acids is 1. The van der Waals surface area contributed by atoms with E-state index in [1.54, 1.807) is 12.3 Å². The maximum Gasteiger partial charge on any atom is 0.326 e. The van der Waals surface area contributed by atoms with Gasteiger partial charge in [-0.05, 0) is 30.2 Å². The number of para-hydroxylation sites is 1. The number of hydrogen-bond donors (Lipinski definition) is 3. The number of aromatic nitrogens is 1. The van der Waals surface area contributed by atoms with Crippen LogP contribution in [0.2, 0.25) is 0 Å². The summed E-state index contributed by atoms with van der Waals surface area (Å²) in [4.78, 5) is 26.8. The second-order valence-corrected chi connectivity index (χ2v) is 6.21. The zero-order valence-corrected chi connectivity index (χ0v) is 14.4. The predicted molar refractivity (Wildman–Crippen MR) is 102 cm³/mol. The Labute approximate surface area is 151 Å². The van der Waals surface area contributed by atoms with Crippen molar-refractivity contribution >= 4 is 28.9 Å². The van der Waals surface area contributed by atoms with E-state index in [0.29, 0.717) is 0 Å². The number of carbonyl (C=O) groups is 2. The molecule has 0 aliphatic rings. The molecule has 0 radical (unpaired) electrons. The second kappa shape index (κ2) is 7.70. The number of carboxylic acids is 1. The van der Waals surface area contributed by atoms with Crippen molar-refractivity contribution in [1.82, 2.24) is 10.3 Å². The molecule has 1 atom stereocenters. The van der Waals surface area contributed by atoms with Crippen molar-refractivity contribution < 1.29 is 14.7 Å². The highest BCUT2D eigenvalue weighted by atomic mass is 16.4. The molecule has 3 aromatic rings. The van der Waals surface area contributed by atoms with Gasteiger partial charge in [-0.3, -0.25) is 4.79 Å². The highest BCUT2D eigenvalue weighted by molar-refractivity contribution is 5.94. The van der Waals surface area contributed by atoms with Crippen LogP contribution in [-0.2, 0) is 16.0 Å². The molecule has 132 valence electrons. The molecule has 0 unspecified atom stereocenters. The van der Waals surface area contributed by atoms with Gasteiger partial charge in [0.25, 0.3) is 0 Å². The van der Waals surface area contributed by atoms with Crippen molar-refractivity contribution in [3.8, 4) is 0 Å². The molecule has 1 aromatic heterocycles. The SMILES string of the molecule is Cc1cccc(/C=C/C(=O)N[C@@H](Cc2c[nH]c3ccccc23)C(=O)O)c1. The van der Waals surface area contributed by atoms with Gasteiger partial charge in [0.15, 0.2) is 0 Å². The molecule has 0 saturated carbocycles. The fourth-order valence-corrected chi connectivity index (χ4v) is 2.89. The van der Waals surface area contributed by atoms with E-state index >= 15 is 0 Å². The van der Waals surface area contributed by atoms with Crippen molar-refractivity contribution in [3.05, 3.63) is 77.5 Å². The van der Waals surface area contributed by atoms with Gasteiger partial charge in [0.2, 0.25) is 5.91 Å². The summed E-state index contributed by atoms with van der Waals surface area (Å²) in [6.07, 6.45) is 5.03. The van der Waals surface area contributed by atoms with Gasteiger partial charge < -0.3 is 15.4 Å². The van der Waals surface area contributed by atoms with Gasteiger partial charge in [-0.25, -0.2) is 4.79 Å². The normalized spacial score (nSPS) is 12.3. The predicted octanol–water partition coefficient (Wildman–Crippen LogP) is 3.30. The van der Waals surface area contributed by atoms with E-state index in [0.717, 1.165) is 27.6 Å². The van der Waals surface area contributed by atoms with E-state index in [4.69, 9.17) is 0 Å². The molecule has 0 aliphatic carbocycles. The lowest BCUT2D eigenvalue weighted by molar-refractivity contribution is -0.141. The first-order valence-corrected chi connectivity index (χ1v) is 8.36. The van der Waals surface area contributed by atoms with Gasteiger partial charge in [0.05, 0.1) is 0 Å². The minimum Gasteiger partial charge on any atom is -0.480 e. The Morgan fingerprint density at radius 1 is 1.19 bits per heavy atom. The van der Waals surface area contributed by atoms with E-state index in [1.807, 2.05) is 55.5 Å². The first kappa shape index (κ1) is 17.5. The fourth-order valence-electron chi connectivity index (χ4n) is 2.89. The van der Waals surface area contributed by atoms with E-state index < -0.39 is 17.9 Å². The van der Waals surface area contributed by atoms with Crippen LogP contribution in [0.4, 0.5) is 0 Å². The molecule has 5 nitrogen and oxygen atoms in total. The second-order valence-electron chi connectivity index (χ2n) is 6.21. The summed E-state index contributed by atoms with van der Waals surface area (Å²) in [6.45, 7) is 1.97. The highest BCUT2D eigenvalue weighted by Crippen LogP contribution is 2.19. The van der Waals surface area contributed by atoms with Crippen LogP contribution >= 0.6 is 0 Å². The highest BCUT2D eigenvalue weighted by Gasteiger charge is 2.21. The van der Waals surface area contributed by atoms with Gasteiger partial charge in [-0.1, -0.05) is 48.0 Å². The number of amides is 1. The largest absolute Gasteiger partial charge is 0.480 e. The molecule has 3 rings (SSSR count). The number of rotatable bonds is 6. The number of benzene rings is 2. The van der Waals surface area contributed by atoms with Gasteiger partial charge in [-0.2, -0.15) is 0 Å². The Bertz CT molecular complexity index is 972. The molecule has 3 N–H and O–H groups in total. The third kappa shape index (κ3) is 4.19. The molecule has 0 bridgehead atoms. The van der Waals surface area contributed by atoms with Gasteiger partial charge >= 0.3 is 5.97 Å². The zero-order valence-electron chi connectivity index (χ0n) is 14.4. The third-order valence-electron chi connectivity index (χ3n) is 4.18. The number of aromatic amines is 1. The van der Waals surface area contributed by atoms with Crippen LogP contribution in [0, 0.1) is 6.92 Å². The number of fused-ring (bicyclic) bond motifs is 1. The lowest BCUT2D eigenvalue weighted by Gasteiger charge is -2.12. The third-order valence-corrected chi connectivity index (χ3v) is 4.18. The molecule has 0 aliphatic heterocycles. The first-order valence-electron chi connectivity index (χ1n) is 8.36. The number of hydrogen-bond acceptors (Lipinski definition) is 2. The number of aryl methyl sites for hydroxylation is 1. The van der Waals surface area contributed by atoms with Crippen molar-refractivity contribution in [2.24, 2.45) is 0 Å². The lowest BCUT2D eigenvalue weighted by Crippen LogP contribution is -2.41. The molecule has 5 heteroatoms. The topological polar surface area (TPSA) is 82.2 Å². The molecule has 0 fully saturated rings. The molecule has 0 saturated heterocycles. The summed E-state index contributed by atoms with van der Waals surface area (Å²) < 4.78 is 0. The van der Waals surface area contributed by atoms with Crippen LogP contribution in [0.5, 0.6) is 0 Å². The minimum absolute atomic E-state index is 0.212. The van der Waals surface area contributed by atoms with E-state index in [2.05, 4.69) is 10.3 Å². The quantitative estimate of drug-likeness (QED) is 0.598. The Morgan fingerprint density at radius 3 is 2.77 bits per heavy atom. The Hall–Kier alpha value is -3.34. The average Bonchev–Trinajstić information content (AvgIpc) is 3.02. The maximum absolute atomic E-state index is 12.1. The monoisotopic (exact) mass is 348 g/mol. The first-order chi connectivity index (χ1) is 12.5. The number of carboxylic acid groups (broad SMARTS) is 1. The molecule has 26 heavy (non-hydrogen) atoms. The summed E-state index contributed by atoms with van der Waals surface area (Å²) in [7, 11) is 0. The van der Waals surface area contributed by atoms with Crippen molar-refractivity contribution in [2.75, 3.05) is 0 Å². The molecular formula is C21H20N2O3. The van der Waals surface area contributed by atoms with Crippen LogP contribution in [0.3, 0.4) is 0 Å². The molecular weight excluding hydrogens is 328 g/mol. The number of nitrogens with one attached hydrogen (secondary N) is 2. The summed E-state index contributed by atoms with van der Waals surface area (Å²) in [5.41, 5.74) is 3.78. The molecule has 1 heterocycles. The van der Waals surface area contributed by atoms with Gasteiger partial charge in [-0.15, -0.1) is 0 Å². The zero-order chi connectivity index (χ0) is 18.5. The smallest absolute Gasteiger partial charge is 0.326 e. The number of H-pyrrole nitrogens is 1. The Kier molecular flexibility index (Phi) is 5.17. The summed E-state index contributed by atoms with van der Waals surface area (Å²) in [5.74, 6) is -1.49. The number of aliphatic carboxylic acids is 1. The van der Waals surface area contributed by atoms with Crippen molar-refractivity contribution in [3.63, 3.8) is 0 Å². The van der Waals surface area contributed by atoms with Crippen LogP contribution in [-0.4, -0.2) is 28.0 Å². The standard InChI is InChI=1S/C21H20N2O3/c1-14-5-4-6-15(11-14)9-10-20(24)23-19(21(25)26)12-16-13-22-18-8-3-2-7-17(16)18/h2-11,13,19,22H,12H2,1H3,(H,23,24)(H,25,26)/b10-9+/t19-/m0/s1. The summed E-state index contributed by atoms with van der Waals surface area (Å²) in [6, 6.07) is 14.4. The molecule has 2 aromatic carbocycles. The van der Waals surface area contributed by atoms with Crippen molar-refractivity contribution in [2.45, 2.75) is 19.4 Å². The summed E-state index contributed by atoms with van der Waals surface area (Å²) >= 11 is 0. The summed E-state index contributed by atoms with van der Waals surface area (Å²) in [5, 5.41) is 13.0. The van der Waals surface area contributed by atoms with Gasteiger partial charge in [0, 0.05) is 29.6 Å². The van der Waals surface area contributed by atoms with Crippen LogP contribution in [0.1, 0.15) is 16.7 Å². The lowest BCUT2D eigenvalue weighted by atomic mass is 10.0. The molecule has 0 spiro atoms. The van der Waals surface area contributed by atoms with E-state index in [1.165, 1.54) is 6.08 Å². The van der Waals surface area contributed by atoms with Crippen LogP contribution < -0.4 is 5.32 Å². The van der Waals surface area contributed by atoms with Gasteiger partial charge in [0.1, 0.15) is 6.04 Å². The average molecular weight is 348 g/mol. The van der Waals surface area contributed by atoms with Crippen molar-refractivity contribution in [1.29, 1.82) is 0 Å². The molecule has 1 amide bonds. The van der Waals surface area contributed by atoms with E-state index in [9.17, 15) is 14.7 Å². The van der Waals surface area contributed by atoms with E-state index in [-0.39, 0.29) is 6.42 Å². The fraction of sp³-hybridized carbons (Fsp3) is 0.143. The van der Waals surface area contributed by atoms with Crippen LogP contribution in [0.15, 0.2) is 60.8 Å². The minimum atomic E-state index is -1.06.